The Hall–Kier alpha value is -2.04. The molecule has 0 aliphatic carbocycles. The van der Waals surface area contributed by atoms with Gasteiger partial charge in [-0.15, -0.1) is 0 Å². The van der Waals surface area contributed by atoms with Gasteiger partial charge in [-0.3, -0.25) is 9.59 Å². The van der Waals surface area contributed by atoms with E-state index in [1.807, 2.05) is 33.8 Å². The van der Waals surface area contributed by atoms with Crippen LogP contribution in [0.3, 0.4) is 0 Å². The van der Waals surface area contributed by atoms with Crippen LogP contribution in [0.25, 0.3) is 0 Å². The number of carbonyl (C=O) groups is 2. The zero-order valence-corrected chi connectivity index (χ0v) is 13.5. The van der Waals surface area contributed by atoms with Crippen LogP contribution in [-0.2, 0) is 4.79 Å². The molecule has 0 heterocycles. The van der Waals surface area contributed by atoms with E-state index in [2.05, 4.69) is 5.32 Å². The van der Waals surface area contributed by atoms with Gasteiger partial charge in [0.1, 0.15) is 0 Å². The number of hydrogen-bond acceptors (Lipinski definition) is 3. The molecule has 0 saturated heterocycles. The highest BCUT2D eigenvalue weighted by atomic mass is 16.2. The summed E-state index contributed by atoms with van der Waals surface area (Å²) in [6, 6.07) is 3.56. The van der Waals surface area contributed by atoms with E-state index in [1.165, 1.54) is 4.90 Å². The van der Waals surface area contributed by atoms with Crippen LogP contribution in [0.4, 0.5) is 5.69 Å². The van der Waals surface area contributed by atoms with Crippen molar-refractivity contribution in [3.63, 3.8) is 0 Å². The predicted molar refractivity (Wildman–Crippen MR) is 85.1 cm³/mol. The predicted octanol–water partition coefficient (Wildman–Crippen LogP) is 1.73. The van der Waals surface area contributed by atoms with Gasteiger partial charge < -0.3 is 16.0 Å². The lowest BCUT2D eigenvalue weighted by molar-refractivity contribution is -0.121. The van der Waals surface area contributed by atoms with Crippen molar-refractivity contribution in [1.29, 1.82) is 0 Å². The topological polar surface area (TPSA) is 75.4 Å². The number of nitrogens with two attached hydrogens (primary N) is 1. The van der Waals surface area contributed by atoms with Gasteiger partial charge in [0, 0.05) is 24.8 Å². The van der Waals surface area contributed by atoms with E-state index >= 15 is 0 Å². The van der Waals surface area contributed by atoms with E-state index in [0.717, 1.165) is 11.1 Å². The van der Waals surface area contributed by atoms with E-state index in [4.69, 9.17) is 5.73 Å². The molecule has 0 fully saturated rings. The molecule has 0 saturated carbocycles. The smallest absolute Gasteiger partial charge is 0.254 e. The van der Waals surface area contributed by atoms with E-state index in [0.29, 0.717) is 23.7 Å². The molecular formula is C16H25N3O2. The molecule has 116 valence electrons. The van der Waals surface area contributed by atoms with Gasteiger partial charge in [-0.25, -0.2) is 0 Å². The summed E-state index contributed by atoms with van der Waals surface area (Å²) < 4.78 is 0. The number of nitrogens with zero attached hydrogens (tertiary/aromatic N) is 1. The number of anilines is 1. The molecule has 2 amide bonds. The molecule has 0 bridgehead atoms. The van der Waals surface area contributed by atoms with Crippen LogP contribution >= 0.6 is 0 Å². The minimum absolute atomic E-state index is 0.0405. The molecule has 1 aromatic carbocycles. The molecule has 0 unspecified atom stereocenters. The molecule has 21 heavy (non-hydrogen) atoms. The average molecular weight is 291 g/mol. The van der Waals surface area contributed by atoms with Gasteiger partial charge in [0.2, 0.25) is 5.91 Å². The minimum atomic E-state index is -0.195. The molecule has 5 nitrogen and oxygen atoms in total. The third kappa shape index (κ3) is 4.77. The summed E-state index contributed by atoms with van der Waals surface area (Å²) in [5.41, 5.74) is 8.79. The minimum Gasteiger partial charge on any atom is -0.398 e. The van der Waals surface area contributed by atoms with Crippen LogP contribution in [0.15, 0.2) is 12.1 Å². The number of nitrogen functional groups attached to an aromatic ring is 1. The van der Waals surface area contributed by atoms with Crippen LogP contribution in [0.1, 0.15) is 35.3 Å². The number of benzene rings is 1. The molecule has 0 radical (unpaired) electrons. The van der Waals surface area contributed by atoms with E-state index in [1.54, 1.807) is 13.1 Å². The fraction of sp³-hybridized carbons (Fsp3) is 0.500. The van der Waals surface area contributed by atoms with E-state index in [9.17, 15) is 9.59 Å². The lowest BCUT2D eigenvalue weighted by Gasteiger charge is -2.19. The maximum atomic E-state index is 12.4. The highest BCUT2D eigenvalue weighted by molar-refractivity contribution is 5.98. The second kappa shape index (κ2) is 7.11. The Balaban J connectivity index is 2.75. The summed E-state index contributed by atoms with van der Waals surface area (Å²) in [6.45, 7) is 8.46. The van der Waals surface area contributed by atoms with Crippen LogP contribution in [0.2, 0.25) is 0 Å². The summed E-state index contributed by atoms with van der Waals surface area (Å²) >= 11 is 0. The van der Waals surface area contributed by atoms with Crippen LogP contribution in [0.5, 0.6) is 0 Å². The molecule has 1 rings (SSSR count). The summed E-state index contributed by atoms with van der Waals surface area (Å²) in [4.78, 5) is 25.6. The van der Waals surface area contributed by atoms with Crippen molar-refractivity contribution in [2.75, 3.05) is 25.9 Å². The average Bonchev–Trinajstić information content (AvgIpc) is 2.39. The quantitative estimate of drug-likeness (QED) is 0.811. The van der Waals surface area contributed by atoms with Gasteiger partial charge in [0.15, 0.2) is 0 Å². The highest BCUT2D eigenvalue weighted by Gasteiger charge is 2.17. The Bertz CT molecular complexity index is 539. The SMILES string of the molecule is Cc1cc(C)c(C(=O)N(C)CC(=O)NCC(C)C)cc1N. The van der Waals surface area contributed by atoms with Crippen LogP contribution in [-0.4, -0.2) is 36.9 Å². The summed E-state index contributed by atoms with van der Waals surface area (Å²) in [6.07, 6.45) is 0. The Morgan fingerprint density at radius 3 is 2.43 bits per heavy atom. The first-order valence-electron chi connectivity index (χ1n) is 7.11. The van der Waals surface area contributed by atoms with Gasteiger partial charge in [-0.2, -0.15) is 0 Å². The van der Waals surface area contributed by atoms with Crippen molar-refractivity contribution < 1.29 is 9.59 Å². The second-order valence-electron chi connectivity index (χ2n) is 5.88. The number of carbonyl (C=O) groups excluding carboxylic acids is 2. The van der Waals surface area contributed by atoms with Gasteiger partial charge in [0.05, 0.1) is 6.54 Å². The zero-order valence-electron chi connectivity index (χ0n) is 13.5. The zero-order chi connectivity index (χ0) is 16.2. The summed E-state index contributed by atoms with van der Waals surface area (Å²) in [5, 5.41) is 2.80. The number of rotatable bonds is 5. The third-order valence-corrected chi connectivity index (χ3v) is 3.28. The number of hydrogen-bond donors (Lipinski definition) is 2. The Morgan fingerprint density at radius 1 is 1.24 bits per heavy atom. The third-order valence-electron chi connectivity index (χ3n) is 3.28. The van der Waals surface area contributed by atoms with Gasteiger partial charge in [-0.1, -0.05) is 19.9 Å². The molecule has 5 heteroatoms. The first kappa shape index (κ1) is 17.0. The number of nitrogens with one attached hydrogen (secondary N) is 1. The number of amides is 2. The largest absolute Gasteiger partial charge is 0.398 e. The summed E-state index contributed by atoms with van der Waals surface area (Å²) in [5.74, 6) is 0.0327. The molecule has 0 atom stereocenters. The van der Waals surface area contributed by atoms with E-state index < -0.39 is 0 Å². The van der Waals surface area contributed by atoms with Crippen molar-refractivity contribution in [1.82, 2.24) is 10.2 Å². The van der Waals surface area contributed by atoms with Gasteiger partial charge in [-0.05, 0) is 37.0 Å². The molecule has 0 aromatic heterocycles. The van der Waals surface area contributed by atoms with Crippen molar-refractivity contribution in [3.05, 3.63) is 28.8 Å². The Morgan fingerprint density at radius 2 is 1.86 bits per heavy atom. The second-order valence-corrected chi connectivity index (χ2v) is 5.88. The Labute approximate surface area is 126 Å². The normalized spacial score (nSPS) is 10.6. The van der Waals surface area contributed by atoms with Crippen LogP contribution in [0, 0.1) is 19.8 Å². The monoisotopic (exact) mass is 291 g/mol. The maximum Gasteiger partial charge on any atom is 0.254 e. The van der Waals surface area contributed by atoms with E-state index in [-0.39, 0.29) is 18.4 Å². The lowest BCUT2D eigenvalue weighted by Crippen LogP contribution is -2.39. The van der Waals surface area contributed by atoms with Gasteiger partial charge in [0.25, 0.3) is 5.91 Å². The van der Waals surface area contributed by atoms with Crippen molar-refractivity contribution in [2.24, 2.45) is 5.92 Å². The first-order valence-corrected chi connectivity index (χ1v) is 7.11. The summed E-state index contributed by atoms with van der Waals surface area (Å²) in [7, 11) is 1.62. The molecule has 1 aromatic rings. The van der Waals surface area contributed by atoms with Crippen molar-refractivity contribution >= 4 is 17.5 Å². The fourth-order valence-electron chi connectivity index (χ4n) is 1.97. The first-order chi connectivity index (χ1) is 9.72. The molecule has 3 N–H and O–H groups in total. The number of likely N-dealkylation sites (N-methyl/N-ethyl adjacent to an activating group) is 1. The number of aryl methyl sites for hydroxylation is 2. The Kier molecular flexibility index (Phi) is 5.76. The molecular weight excluding hydrogens is 266 g/mol. The van der Waals surface area contributed by atoms with Crippen molar-refractivity contribution in [3.8, 4) is 0 Å². The maximum absolute atomic E-state index is 12.4. The highest BCUT2D eigenvalue weighted by Crippen LogP contribution is 2.19. The lowest BCUT2D eigenvalue weighted by atomic mass is 10.0. The van der Waals surface area contributed by atoms with Crippen molar-refractivity contribution in [2.45, 2.75) is 27.7 Å². The molecule has 0 spiro atoms. The van der Waals surface area contributed by atoms with Gasteiger partial charge >= 0.3 is 0 Å². The standard InChI is InChI=1S/C16H25N3O2/c1-10(2)8-18-15(20)9-19(5)16(21)13-7-14(17)12(4)6-11(13)3/h6-7,10H,8-9,17H2,1-5H3,(H,18,20). The molecule has 0 aliphatic rings. The fourth-order valence-corrected chi connectivity index (χ4v) is 1.97. The van der Waals surface area contributed by atoms with Crippen LogP contribution < -0.4 is 11.1 Å². The molecule has 0 aliphatic heterocycles.